The Balaban J connectivity index is 2.02. The first-order valence-electron chi connectivity index (χ1n) is 7.38. The molecular formula is C20H15ClO2. The highest BCUT2D eigenvalue weighted by atomic mass is 35.5. The molecule has 0 N–H and O–H groups in total. The van der Waals surface area contributed by atoms with Crippen LogP contribution in [0.25, 0.3) is 10.8 Å². The third kappa shape index (κ3) is 3.03. The molecule has 0 saturated carbocycles. The molecule has 3 aromatic carbocycles. The van der Waals surface area contributed by atoms with Gasteiger partial charge in [0.05, 0.1) is 0 Å². The summed E-state index contributed by atoms with van der Waals surface area (Å²) >= 11 is 6.32. The summed E-state index contributed by atoms with van der Waals surface area (Å²) in [5.74, 6) is -1.17. The number of alkyl halides is 1. The summed E-state index contributed by atoms with van der Waals surface area (Å²) in [5, 5.41) is 1.05. The van der Waals surface area contributed by atoms with Crippen LogP contribution in [0.1, 0.15) is 22.4 Å². The van der Waals surface area contributed by atoms with Gasteiger partial charge in [0.2, 0.25) is 0 Å². The first-order chi connectivity index (χ1) is 11.2. The van der Waals surface area contributed by atoms with Gasteiger partial charge in [-0.1, -0.05) is 72.8 Å². The molecule has 0 saturated heterocycles. The van der Waals surface area contributed by atoms with Crippen LogP contribution in [0.5, 0.6) is 0 Å². The molecule has 0 aromatic heterocycles. The molecule has 0 spiro atoms. The molecule has 23 heavy (non-hydrogen) atoms. The standard InChI is InChI=1S/C20H15ClO2/c21-19(15-8-2-1-3-9-15)20(23)18(13-22)17-12-6-10-14-7-4-5-11-16(14)17/h1-13,18-19H. The van der Waals surface area contributed by atoms with Gasteiger partial charge in [0.15, 0.2) is 5.78 Å². The normalized spacial score (nSPS) is 13.4. The summed E-state index contributed by atoms with van der Waals surface area (Å²) in [6.07, 6.45) is 0.683. The number of carbonyl (C=O) groups excluding carboxylic acids is 2. The first kappa shape index (κ1) is 15.4. The minimum atomic E-state index is -0.871. The summed E-state index contributed by atoms with van der Waals surface area (Å²) < 4.78 is 0. The van der Waals surface area contributed by atoms with Crippen molar-refractivity contribution >= 4 is 34.4 Å². The average Bonchev–Trinajstić information content (AvgIpc) is 2.62. The van der Waals surface area contributed by atoms with E-state index in [1.165, 1.54) is 0 Å². The van der Waals surface area contributed by atoms with Crippen molar-refractivity contribution in [3.05, 3.63) is 83.9 Å². The van der Waals surface area contributed by atoms with E-state index in [2.05, 4.69) is 0 Å². The fourth-order valence-corrected chi connectivity index (χ4v) is 3.04. The number of aldehydes is 1. The van der Waals surface area contributed by atoms with Gasteiger partial charge in [-0.2, -0.15) is 0 Å². The Morgan fingerprint density at radius 1 is 0.870 bits per heavy atom. The topological polar surface area (TPSA) is 34.1 Å². The molecular weight excluding hydrogens is 308 g/mol. The highest BCUT2D eigenvalue weighted by Crippen LogP contribution is 2.32. The Morgan fingerprint density at radius 3 is 2.26 bits per heavy atom. The van der Waals surface area contributed by atoms with Crippen LogP contribution >= 0.6 is 11.6 Å². The van der Waals surface area contributed by atoms with Crippen LogP contribution in [0.4, 0.5) is 0 Å². The van der Waals surface area contributed by atoms with E-state index in [-0.39, 0.29) is 5.78 Å². The largest absolute Gasteiger partial charge is 0.302 e. The number of ketones is 1. The Kier molecular flexibility index (Phi) is 4.54. The molecule has 0 fully saturated rings. The predicted octanol–water partition coefficient (Wildman–Crippen LogP) is 4.67. The monoisotopic (exact) mass is 322 g/mol. The summed E-state index contributed by atoms with van der Waals surface area (Å²) in [6, 6.07) is 22.4. The van der Waals surface area contributed by atoms with Crippen molar-refractivity contribution in [3.8, 4) is 0 Å². The molecule has 0 radical (unpaired) electrons. The van der Waals surface area contributed by atoms with Gasteiger partial charge in [0.25, 0.3) is 0 Å². The second-order valence-corrected chi connectivity index (χ2v) is 5.79. The average molecular weight is 323 g/mol. The second kappa shape index (κ2) is 6.76. The number of benzene rings is 3. The van der Waals surface area contributed by atoms with Gasteiger partial charge in [-0.3, -0.25) is 4.79 Å². The number of carbonyl (C=O) groups is 2. The Labute approximate surface area is 139 Å². The van der Waals surface area contributed by atoms with E-state index in [1.54, 1.807) is 12.1 Å². The summed E-state index contributed by atoms with van der Waals surface area (Å²) in [7, 11) is 0. The van der Waals surface area contributed by atoms with E-state index in [4.69, 9.17) is 11.6 Å². The second-order valence-electron chi connectivity index (χ2n) is 5.36. The van der Waals surface area contributed by atoms with E-state index in [0.717, 1.165) is 10.8 Å². The molecule has 3 heteroatoms. The molecule has 0 aliphatic heterocycles. The molecule has 2 unspecified atom stereocenters. The van der Waals surface area contributed by atoms with Crippen LogP contribution in [0.15, 0.2) is 72.8 Å². The highest BCUT2D eigenvalue weighted by molar-refractivity contribution is 6.33. The van der Waals surface area contributed by atoms with E-state index in [0.29, 0.717) is 17.4 Å². The van der Waals surface area contributed by atoms with Crippen molar-refractivity contribution in [2.24, 2.45) is 0 Å². The SMILES string of the molecule is O=CC(C(=O)C(Cl)c1ccccc1)c1cccc2ccccc12. The summed E-state index contributed by atoms with van der Waals surface area (Å²) in [4.78, 5) is 24.4. The maximum absolute atomic E-state index is 12.8. The Bertz CT molecular complexity index is 837. The number of halogens is 1. The lowest BCUT2D eigenvalue weighted by Gasteiger charge is -2.16. The number of rotatable bonds is 5. The molecule has 3 rings (SSSR count). The van der Waals surface area contributed by atoms with Gasteiger partial charge in [-0.15, -0.1) is 11.6 Å². The lowest BCUT2D eigenvalue weighted by molar-refractivity contribution is -0.124. The summed E-state index contributed by atoms with van der Waals surface area (Å²) in [6.45, 7) is 0. The predicted molar refractivity (Wildman–Crippen MR) is 92.8 cm³/mol. The highest BCUT2D eigenvalue weighted by Gasteiger charge is 2.28. The molecule has 3 aromatic rings. The number of fused-ring (bicyclic) bond motifs is 1. The van der Waals surface area contributed by atoms with Crippen molar-refractivity contribution < 1.29 is 9.59 Å². The molecule has 0 bridgehead atoms. The molecule has 114 valence electrons. The van der Waals surface area contributed by atoms with Gasteiger partial charge in [-0.05, 0) is 21.9 Å². The van der Waals surface area contributed by atoms with E-state index in [1.807, 2.05) is 60.7 Å². The zero-order chi connectivity index (χ0) is 16.2. The van der Waals surface area contributed by atoms with Crippen molar-refractivity contribution in [2.45, 2.75) is 11.3 Å². The number of hydrogen-bond acceptors (Lipinski definition) is 2. The van der Waals surface area contributed by atoms with Gasteiger partial charge in [-0.25, -0.2) is 0 Å². The fraction of sp³-hybridized carbons (Fsp3) is 0.100. The van der Waals surface area contributed by atoms with Crippen molar-refractivity contribution in [1.82, 2.24) is 0 Å². The van der Waals surface area contributed by atoms with E-state index in [9.17, 15) is 9.59 Å². The van der Waals surface area contributed by atoms with Gasteiger partial charge in [0, 0.05) is 0 Å². The maximum Gasteiger partial charge on any atom is 0.169 e. The number of Topliss-reactive ketones (excluding diaryl/α,β-unsaturated/α-hetero) is 1. The van der Waals surface area contributed by atoms with Crippen molar-refractivity contribution in [2.75, 3.05) is 0 Å². The molecule has 2 nitrogen and oxygen atoms in total. The Morgan fingerprint density at radius 2 is 1.52 bits per heavy atom. The van der Waals surface area contributed by atoms with Crippen molar-refractivity contribution in [1.29, 1.82) is 0 Å². The molecule has 2 atom stereocenters. The molecule has 0 aliphatic rings. The van der Waals surface area contributed by atoms with Crippen molar-refractivity contribution in [3.63, 3.8) is 0 Å². The quantitative estimate of drug-likeness (QED) is 0.388. The maximum atomic E-state index is 12.8. The van der Waals surface area contributed by atoms with E-state index < -0.39 is 11.3 Å². The smallest absolute Gasteiger partial charge is 0.169 e. The van der Waals surface area contributed by atoms with Crippen LogP contribution in [0.2, 0.25) is 0 Å². The van der Waals surface area contributed by atoms with E-state index >= 15 is 0 Å². The van der Waals surface area contributed by atoms with Crippen LogP contribution in [0, 0.1) is 0 Å². The molecule has 0 aliphatic carbocycles. The third-order valence-electron chi connectivity index (χ3n) is 3.94. The van der Waals surface area contributed by atoms with Gasteiger partial charge in [0.1, 0.15) is 17.6 Å². The van der Waals surface area contributed by atoms with Gasteiger partial charge >= 0.3 is 0 Å². The lowest BCUT2D eigenvalue weighted by atomic mass is 9.88. The molecule has 0 amide bonds. The van der Waals surface area contributed by atoms with Gasteiger partial charge < -0.3 is 4.79 Å². The minimum absolute atomic E-state index is 0.302. The molecule has 0 heterocycles. The number of hydrogen-bond donors (Lipinski definition) is 0. The van der Waals surface area contributed by atoms with Crippen LogP contribution in [0.3, 0.4) is 0 Å². The Hall–Kier alpha value is -2.45. The third-order valence-corrected chi connectivity index (χ3v) is 4.41. The lowest BCUT2D eigenvalue weighted by Crippen LogP contribution is -2.19. The summed E-state index contributed by atoms with van der Waals surface area (Å²) in [5.41, 5.74) is 1.40. The fourth-order valence-electron chi connectivity index (χ4n) is 2.76. The zero-order valence-electron chi connectivity index (χ0n) is 12.4. The zero-order valence-corrected chi connectivity index (χ0v) is 13.1. The first-order valence-corrected chi connectivity index (χ1v) is 7.81. The van der Waals surface area contributed by atoms with Crippen LogP contribution in [-0.2, 0) is 9.59 Å². The van der Waals surface area contributed by atoms with Crippen LogP contribution in [-0.4, -0.2) is 12.1 Å². The van der Waals surface area contributed by atoms with Crippen LogP contribution < -0.4 is 0 Å². The minimum Gasteiger partial charge on any atom is -0.302 e.